The van der Waals surface area contributed by atoms with Crippen molar-refractivity contribution in [2.75, 3.05) is 16.4 Å². The molecule has 0 unspecified atom stereocenters. The fourth-order valence-corrected chi connectivity index (χ4v) is 5.91. The Morgan fingerprint density at radius 3 is 2.12 bits per heavy atom. The molecule has 26 heavy (non-hydrogen) atoms. The highest BCUT2D eigenvalue weighted by atomic mass is 35.5. The quantitative estimate of drug-likeness (QED) is 0.719. The Kier molecular flexibility index (Phi) is 3.74. The van der Waals surface area contributed by atoms with Crippen LogP contribution in [0.3, 0.4) is 0 Å². The molecule has 0 aliphatic heterocycles. The Bertz CT molecular complexity index is 784. The minimum absolute atomic E-state index is 0.175. The van der Waals surface area contributed by atoms with Crippen LogP contribution in [0.2, 0.25) is 5.02 Å². The number of hydrogen-bond acceptors (Lipinski definition) is 5. The number of anilines is 4. The van der Waals surface area contributed by atoms with Crippen molar-refractivity contribution in [2.24, 2.45) is 17.8 Å². The van der Waals surface area contributed by atoms with Crippen LogP contribution in [0.1, 0.15) is 38.5 Å². The number of nitrogen functional groups attached to an aromatic ring is 1. The van der Waals surface area contributed by atoms with Gasteiger partial charge in [-0.2, -0.15) is 0 Å². The van der Waals surface area contributed by atoms with E-state index in [0.717, 1.165) is 29.3 Å². The smallest absolute Gasteiger partial charge is 0.159 e. The van der Waals surface area contributed by atoms with Gasteiger partial charge in [0.15, 0.2) is 11.6 Å². The molecule has 4 saturated carbocycles. The lowest BCUT2D eigenvalue weighted by Crippen LogP contribution is -2.55. The number of nitrogens with zero attached hydrogens (tertiary/aromatic N) is 2. The van der Waals surface area contributed by atoms with Gasteiger partial charge in [0.2, 0.25) is 0 Å². The highest BCUT2D eigenvalue weighted by Gasteiger charge is 2.51. The number of aromatic nitrogens is 2. The van der Waals surface area contributed by atoms with Crippen molar-refractivity contribution < 1.29 is 0 Å². The van der Waals surface area contributed by atoms with Crippen molar-refractivity contribution in [1.82, 2.24) is 9.97 Å². The average Bonchev–Trinajstić information content (AvgIpc) is 2.59. The summed E-state index contributed by atoms with van der Waals surface area (Å²) in [5.41, 5.74) is 8.07. The van der Waals surface area contributed by atoms with Gasteiger partial charge in [-0.25, -0.2) is 9.97 Å². The zero-order valence-electron chi connectivity index (χ0n) is 14.7. The summed E-state index contributed by atoms with van der Waals surface area (Å²) in [5, 5.41) is 7.73. The maximum atomic E-state index is 6.41. The van der Waals surface area contributed by atoms with E-state index in [9.17, 15) is 0 Å². The Morgan fingerprint density at radius 1 is 0.923 bits per heavy atom. The number of halogens is 1. The second kappa shape index (κ2) is 6.02. The van der Waals surface area contributed by atoms with Gasteiger partial charge >= 0.3 is 0 Å². The number of nitrogens with one attached hydrogen (secondary N) is 2. The topological polar surface area (TPSA) is 75.9 Å². The lowest BCUT2D eigenvalue weighted by atomic mass is 9.53. The molecule has 6 heteroatoms. The molecule has 5 nitrogen and oxygen atoms in total. The van der Waals surface area contributed by atoms with Gasteiger partial charge in [0.05, 0.1) is 0 Å². The van der Waals surface area contributed by atoms with Gasteiger partial charge in [-0.3, -0.25) is 0 Å². The molecule has 4 aliphatic rings. The molecule has 4 fully saturated rings. The predicted molar refractivity (Wildman–Crippen MR) is 106 cm³/mol. The molecular formula is C20H24ClN5. The van der Waals surface area contributed by atoms with Gasteiger partial charge in [0.25, 0.3) is 0 Å². The number of nitrogens with two attached hydrogens (primary N) is 1. The molecule has 1 aromatic carbocycles. The monoisotopic (exact) mass is 369 g/mol. The normalized spacial score (nSPS) is 31.8. The predicted octanol–water partition coefficient (Wildman–Crippen LogP) is 4.84. The molecule has 0 atom stereocenters. The maximum Gasteiger partial charge on any atom is 0.159 e. The van der Waals surface area contributed by atoms with Gasteiger partial charge in [-0.1, -0.05) is 11.6 Å². The first-order valence-electron chi connectivity index (χ1n) is 9.50. The zero-order valence-corrected chi connectivity index (χ0v) is 15.5. The zero-order chi connectivity index (χ0) is 17.7. The Labute approximate surface area is 158 Å². The molecule has 1 aromatic heterocycles. The van der Waals surface area contributed by atoms with E-state index in [-0.39, 0.29) is 5.54 Å². The Hall–Kier alpha value is -2.01. The molecule has 4 bridgehead atoms. The summed E-state index contributed by atoms with van der Waals surface area (Å²) in [4.78, 5) is 8.79. The summed E-state index contributed by atoms with van der Waals surface area (Å²) in [6, 6.07) is 7.51. The first-order chi connectivity index (χ1) is 12.6. The molecule has 0 spiro atoms. The first kappa shape index (κ1) is 16.2. The molecule has 2 aromatic rings. The largest absolute Gasteiger partial charge is 0.393 e. The van der Waals surface area contributed by atoms with Gasteiger partial charge in [-0.05, 0) is 80.5 Å². The highest BCUT2D eigenvalue weighted by Crippen LogP contribution is 2.56. The van der Waals surface area contributed by atoms with Crippen LogP contribution >= 0.6 is 11.6 Å². The van der Waals surface area contributed by atoms with E-state index in [4.69, 9.17) is 17.3 Å². The van der Waals surface area contributed by atoms with Crippen LogP contribution < -0.4 is 16.4 Å². The summed E-state index contributed by atoms with van der Waals surface area (Å²) >= 11 is 5.96. The fraction of sp³-hybridized carbons (Fsp3) is 0.500. The van der Waals surface area contributed by atoms with E-state index in [1.165, 1.54) is 38.5 Å². The van der Waals surface area contributed by atoms with Crippen LogP contribution in [0, 0.1) is 17.8 Å². The number of benzene rings is 1. The van der Waals surface area contributed by atoms with Crippen molar-refractivity contribution >= 4 is 34.6 Å². The van der Waals surface area contributed by atoms with Crippen LogP contribution in [0.15, 0.2) is 30.6 Å². The number of rotatable bonds is 4. The molecule has 0 amide bonds. The third kappa shape index (κ3) is 2.88. The summed E-state index contributed by atoms with van der Waals surface area (Å²) < 4.78 is 0. The minimum atomic E-state index is 0.175. The Balaban J connectivity index is 1.39. The Morgan fingerprint density at radius 2 is 1.50 bits per heavy atom. The summed E-state index contributed by atoms with van der Waals surface area (Å²) in [6.45, 7) is 0. The average molecular weight is 370 g/mol. The van der Waals surface area contributed by atoms with E-state index >= 15 is 0 Å². The van der Waals surface area contributed by atoms with Crippen molar-refractivity contribution in [3.05, 3.63) is 35.6 Å². The van der Waals surface area contributed by atoms with Crippen molar-refractivity contribution in [3.8, 4) is 0 Å². The molecule has 0 radical (unpaired) electrons. The van der Waals surface area contributed by atoms with Crippen molar-refractivity contribution in [2.45, 2.75) is 44.1 Å². The molecule has 4 aliphatic carbocycles. The van der Waals surface area contributed by atoms with Crippen LogP contribution in [0.25, 0.3) is 0 Å². The highest BCUT2D eigenvalue weighted by molar-refractivity contribution is 6.30. The summed E-state index contributed by atoms with van der Waals surface area (Å²) in [6.07, 6.45) is 9.60. The third-order valence-corrected chi connectivity index (χ3v) is 6.66. The fourth-order valence-electron chi connectivity index (χ4n) is 5.78. The van der Waals surface area contributed by atoms with Gasteiger partial charge in [0, 0.05) is 16.2 Å². The minimum Gasteiger partial charge on any atom is -0.393 e. The standard InChI is InChI=1S/C20H24ClN5/c21-15-1-3-16(4-2-15)25-18-17(22)19(24-11-23-18)26-20-8-12-5-13(9-20)7-14(6-12)10-20/h1-4,11-14H,5-10,22H2,(H2,23,24,25,26). The first-order valence-corrected chi connectivity index (χ1v) is 9.88. The van der Waals surface area contributed by atoms with E-state index < -0.39 is 0 Å². The second-order valence-corrected chi connectivity index (χ2v) is 8.88. The number of hydrogen-bond donors (Lipinski definition) is 3. The lowest BCUT2D eigenvalue weighted by molar-refractivity contribution is 0.0106. The van der Waals surface area contributed by atoms with Crippen LogP contribution in [-0.4, -0.2) is 15.5 Å². The van der Waals surface area contributed by atoms with Gasteiger partial charge in [0.1, 0.15) is 12.0 Å². The van der Waals surface area contributed by atoms with Crippen molar-refractivity contribution in [3.63, 3.8) is 0 Å². The van der Waals surface area contributed by atoms with E-state index in [1.54, 1.807) is 6.33 Å². The van der Waals surface area contributed by atoms with Crippen LogP contribution in [-0.2, 0) is 0 Å². The van der Waals surface area contributed by atoms with Crippen molar-refractivity contribution in [1.29, 1.82) is 0 Å². The maximum absolute atomic E-state index is 6.41. The van der Waals surface area contributed by atoms with E-state index in [2.05, 4.69) is 20.6 Å². The molecule has 6 rings (SSSR count). The van der Waals surface area contributed by atoms with Gasteiger partial charge in [-0.15, -0.1) is 0 Å². The molecule has 0 saturated heterocycles. The molecule has 4 N–H and O–H groups in total. The van der Waals surface area contributed by atoms with Crippen LogP contribution in [0.4, 0.5) is 23.0 Å². The van der Waals surface area contributed by atoms with Crippen LogP contribution in [0.5, 0.6) is 0 Å². The van der Waals surface area contributed by atoms with E-state index in [1.807, 2.05) is 24.3 Å². The lowest BCUT2D eigenvalue weighted by Gasteiger charge is -2.57. The second-order valence-electron chi connectivity index (χ2n) is 8.44. The summed E-state index contributed by atoms with van der Waals surface area (Å²) in [5.74, 6) is 4.03. The third-order valence-electron chi connectivity index (χ3n) is 6.41. The summed E-state index contributed by atoms with van der Waals surface area (Å²) in [7, 11) is 0. The molecular weight excluding hydrogens is 346 g/mol. The molecule has 1 heterocycles. The molecule has 136 valence electrons. The SMILES string of the molecule is Nc1c(Nc2ccc(Cl)cc2)ncnc1NC12CC3CC(CC(C3)C1)C2. The van der Waals surface area contributed by atoms with E-state index in [0.29, 0.717) is 16.5 Å². The van der Waals surface area contributed by atoms with Gasteiger partial charge < -0.3 is 16.4 Å².